The van der Waals surface area contributed by atoms with Crippen molar-refractivity contribution in [2.24, 2.45) is 0 Å². The van der Waals surface area contributed by atoms with E-state index < -0.39 is 38.6 Å². The Kier molecular flexibility index (Phi) is 9.25. The number of nitriles is 1. The summed E-state index contributed by atoms with van der Waals surface area (Å²) in [4.78, 5) is 39.8. The van der Waals surface area contributed by atoms with Crippen LogP contribution in [-0.2, 0) is 4.79 Å². The predicted octanol–water partition coefficient (Wildman–Crippen LogP) is 7.31. The molecule has 244 valence electrons. The number of phenolic OH excluding ortho intramolecular Hbond substituents is 1. The first-order valence-electron chi connectivity index (χ1n) is 14.6. The summed E-state index contributed by atoms with van der Waals surface area (Å²) in [5.74, 6) is -4.74. The Balaban J connectivity index is 1.95. The van der Waals surface area contributed by atoms with Crippen LogP contribution >= 0.6 is 34.8 Å². The number of halogens is 5. The van der Waals surface area contributed by atoms with Crippen molar-refractivity contribution >= 4 is 57.4 Å². The number of aromatic hydroxyl groups is 1. The van der Waals surface area contributed by atoms with Crippen LogP contribution in [0.25, 0.3) is 28.0 Å². The van der Waals surface area contributed by atoms with Crippen molar-refractivity contribution in [3.63, 3.8) is 0 Å². The summed E-state index contributed by atoms with van der Waals surface area (Å²) >= 11 is 19.1. The van der Waals surface area contributed by atoms with Gasteiger partial charge in [0.1, 0.15) is 17.3 Å². The lowest BCUT2D eigenvalue weighted by Crippen LogP contribution is -2.58. The fourth-order valence-corrected chi connectivity index (χ4v) is 6.92. The third-order valence-electron chi connectivity index (χ3n) is 8.25. The van der Waals surface area contributed by atoms with Crippen molar-refractivity contribution in [2.45, 2.75) is 52.6 Å². The molecule has 4 heterocycles. The molecule has 0 bridgehead atoms. The van der Waals surface area contributed by atoms with E-state index in [0.717, 1.165) is 0 Å². The molecule has 2 atom stereocenters. The second-order valence-electron chi connectivity index (χ2n) is 11.7. The summed E-state index contributed by atoms with van der Waals surface area (Å²) in [7, 11) is 0. The lowest BCUT2D eigenvalue weighted by Gasteiger charge is -2.45. The van der Waals surface area contributed by atoms with Gasteiger partial charge in [-0.15, -0.1) is 0 Å². The molecule has 0 spiro atoms. The third-order valence-corrected chi connectivity index (χ3v) is 9.37. The number of aromatic nitrogens is 3. The highest BCUT2D eigenvalue weighted by Gasteiger charge is 2.36. The number of pyridine rings is 3. The van der Waals surface area contributed by atoms with Crippen LogP contribution in [0.4, 0.5) is 14.5 Å². The number of benzene rings is 1. The van der Waals surface area contributed by atoms with Gasteiger partial charge in [0.15, 0.2) is 17.4 Å². The molecule has 1 aromatic carbocycles. The van der Waals surface area contributed by atoms with E-state index in [9.17, 15) is 24.3 Å². The predicted molar refractivity (Wildman–Crippen MR) is 179 cm³/mol. The monoisotopic (exact) mass is 700 g/mol. The van der Waals surface area contributed by atoms with Gasteiger partial charge < -0.3 is 14.9 Å². The Morgan fingerprint density at radius 2 is 1.79 bits per heavy atom. The molecule has 1 N–H and O–H groups in total. The van der Waals surface area contributed by atoms with Crippen molar-refractivity contribution in [1.82, 2.24) is 19.4 Å². The normalized spacial score (nSPS) is 16.6. The first-order valence-corrected chi connectivity index (χ1v) is 15.7. The van der Waals surface area contributed by atoms with Crippen LogP contribution in [0.5, 0.6) is 5.75 Å². The summed E-state index contributed by atoms with van der Waals surface area (Å²) in [5, 5.41) is 19.4. The first-order chi connectivity index (χ1) is 22.2. The van der Waals surface area contributed by atoms with E-state index in [0.29, 0.717) is 16.9 Å². The number of nitrogens with zero attached hydrogens (tertiary/aromatic N) is 6. The average molecular weight is 702 g/mol. The van der Waals surface area contributed by atoms with Crippen LogP contribution in [0.3, 0.4) is 0 Å². The zero-order valence-corrected chi connectivity index (χ0v) is 28.3. The van der Waals surface area contributed by atoms with Gasteiger partial charge in [0, 0.05) is 36.8 Å². The lowest BCUT2D eigenvalue weighted by atomic mass is 10.0. The molecular formula is C33H29Cl3F2N6O3. The summed E-state index contributed by atoms with van der Waals surface area (Å²) in [6.07, 6.45) is 2.83. The molecule has 0 aliphatic carbocycles. The molecule has 0 unspecified atom stereocenters. The molecular weight excluding hydrogens is 673 g/mol. The summed E-state index contributed by atoms with van der Waals surface area (Å²) in [5.41, 5.74) is -0.176. The topological polar surface area (TPSA) is 115 Å². The molecule has 14 heteroatoms. The summed E-state index contributed by atoms with van der Waals surface area (Å²) in [6, 6.07) is 4.49. The Morgan fingerprint density at radius 1 is 1.15 bits per heavy atom. The Labute approximate surface area is 284 Å². The van der Waals surface area contributed by atoms with E-state index >= 15 is 4.39 Å². The number of hydrogen-bond donors (Lipinski definition) is 1. The number of amides is 1. The molecule has 5 rings (SSSR count). The fourth-order valence-electron chi connectivity index (χ4n) is 6.24. The van der Waals surface area contributed by atoms with E-state index in [4.69, 9.17) is 34.8 Å². The molecule has 9 nitrogen and oxygen atoms in total. The van der Waals surface area contributed by atoms with Gasteiger partial charge in [-0.3, -0.25) is 19.1 Å². The van der Waals surface area contributed by atoms with E-state index in [1.165, 1.54) is 16.7 Å². The minimum Gasteiger partial charge on any atom is -0.503 e. The summed E-state index contributed by atoms with van der Waals surface area (Å²) in [6.45, 7) is 13.3. The molecule has 1 amide bonds. The first kappa shape index (κ1) is 34.1. The highest BCUT2D eigenvalue weighted by molar-refractivity contribution is 6.44. The van der Waals surface area contributed by atoms with Gasteiger partial charge in [-0.25, -0.2) is 13.8 Å². The molecule has 1 aliphatic rings. The number of carbonyl (C=O) groups excluding carboxylic acids is 1. The lowest BCUT2D eigenvalue weighted by molar-refractivity contribution is -0.130. The number of hydrogen-bond acceptors (Lipinski definition) is 7. The van der Waals surface area contributed by atoms with E-state index in [-0.39, 0.29) is 70.0 Å². The van der Waals surface area contributed by atoms with Gasteiger partial charge in [0.2, 0.25) is 5.91 Å². The molecule has 0 radical (unpaired) electrons. The van der Waals surface area contributed by atoms with Crippen molar-refractivity contribution in [1.29, 1.82) is 5.26 Å². The van der Waals surface area contributed by atoms with Gasteiger partial charge in [0.25, 0.3) is 5.56 Å². The standard InChI is InChI=1S/C33H29Cl3F2N6O3/c1-7-21(45)43-16(5)12-42(13-17(43)6)30-18-10-20(34)28(22-23(35)24(36)26(38)31(46)25(22)37)41-32(18)44(33(47)19(30)11-39)29-15(4)8-9-40-27(29)14(2)3/h7-10,14,16-17,46H,1,12-13H2,2-6H3/t16-,17+. The molecule has 1 fully saturated rings. The molecule has 4 aromatic rings. The number of rotatable bonds is 5. The Bertz CT molecular complexity index is 2050. The zero-order valence-electron chi connectivity index (χ0n) is 26.0. The molecule has 1 aliphatic heterocycles. The number of fused-ring (bicyclic) bond motifs is 1. The SMILES string of the molecule is C=CC(=O)N1[C@H](C)CN(c2c(C#N)c(=O)n(-c3c(C)ccnc3C(C)C)c3nc(-c4c(F)c(O)c(F)c(Cl)c4Cl)c(Cl)cc23)C[C@@H]1C. The van der Waals surface area contributed by atoms with Crippen molar-refractivity contribution in [3.05, 3.63) is 84.9 Å². The van der Waals surface area contributed by atoms with Crippen LogP contribution in [0.2, 0.25) is 15.1 Å². The quantitative estimate of drug-likeness (QED) is 0.132. The van der Waals surface area contributed by atoms with Crippen molar-refractivity contribution < 1.29 is 18.7 Å². The smallest absolute Gasteiger partial charge is 0.276 e. The van der Waals surface area contributed by atoms with Crippen LogP contribution in [0.1, 0.15) is 50.4 Å². The number of piperazine rings is 1. The molecule has 1 saturated heterocycles. The number of anilines is 1. The molecule has 47 heavy (non-hydrogen) atoms. The van der Waals surface area contributed by atoms with Gasteiger partial charge in [-0.05, 0) is 50.5 Å². The maximum Gasteiger partial charge on any atom is 0.276 e. The van der Waals surface area contributed by atoms with E-state index in [1.807, 2.05) is 32.6 Å². The van der Waals surface area contributed by atoms with Crippen LogP contribution in [0, 0.1) is 29.9 Å². The minimum atomic E-state index is -1.46. The fraction of sp³-hybridized carbons (Fsp3) is 0.303. The zero-order chi connectivity index (χ0) is 34.6. The maximum absolute atomic E-state index is 15.5. The average Bonchev–Trinajstić information content (AvgIpc) is 3.02. The number of aryl methyl sites for hydroxylation is 1. The van der Waals surface area contributed by atoms with Crippen molar-refractivity contribution in [3.8, 4) is 28.8 Å². The highest BCUT2D eigenvalue weighted by atomic mass is 35.5. The Morgan fingerprint density at radius 3 is 2.36 bits per heavy atom. The van der Waals surface area contributed by atoms with Gasteiger partial charge in [-0.2, -0.15) is 5.26 Å². The minimum absolute atomic E-state index is 0.0401. The second kappa shape index (κ2) is 12.8. The van der Waals surface area contributed by atoms with Crippen LogP contribution < -0.4 is 10.5 Å². The number of carbonyl (C=O) groups is 1. The second-order valence-corrected chi connectivity index (χ2v) is 12.9. The van der Waals surface area contributed by atoms with Crippen LogP contribution in [0.15, 0.2) is 35.8 Å². The molecule has 0 saturated carbocycles. The van der Waals surface area contributed by atoms with Crippen molar-refractivity contribution in [2.75, 3.05) is 18.0 Å². The van der Waals surface area contributed by atoms with E-state index in [1.54, 1.807) is 24.1 Å². The largest absolute Gasteiger partial charge is 0.503 e. The maximum atomic E-state index is 15.5. The number of phenols is 1. The van der Waals surface area contributed by atoms with Crippen LogP contribution in [-0.4, -0.2) is 55.6 Å². The van der Waals surface area contributed by atoms with Gasteiger partial charge in [0.05, 0.1) is 43.4 Å². The molecule has 3 aromatic heterocycles. The van der Waals surface area contributed by atoms with E-state index in [2.05, 4.69) is 22.6 Å². The summed E-state index contributed by atoms with van der Waals surface area (Å²) < 4.78 is 31.2. The Hall–Kier alpha value is -4.24. The highest BCUT2D eigenvalue weighted by Crippen LogP contribution is 2.45. The van der Waals surface area contributed by atoms with Gasteiger partial charge in [-0.1, -0.05) is 55.2 Å². The third kappa shape index (κ3) is 5.48. The van der Waals surface area contributed by atoms with Gasteiger partial charge >= 0.3 is 0 Å².